The van der Waals surface area contributed by atoms with Crippen molar-refractivity contribution in [2.45, 2.75) is 13.3 Å². The van der Waals surface area contributed by atoms with Gasteiger partial charge in [-0.15, -0.1) is 0 Å². The molecule has 0 unspecified atom stereocenters. The van der Waals surface area contributed by atoms with Crippen LogP contribution >= 0.6 is 0 Å². The van der Waals surface area contributed by atoms with E-state index in [0.717, 1.165) is 11.1 Å². The summed E-state index contributed by atoms with van der Waals surface area (Å²) in [4.78, 5) is 12.1. The summed E-state index contributed by atoms with van der Waals surface area (Å²) in [5, 5.41) is 4.08. The second-order valence-corrected chi connectivity index (χ2v) is 5.78. The molecule has 0 saturated carbocycles. The van der Waals surface area contributed by atoms with Gasteiger partial charge in [0.05, 0.1) is 26.4 Å². The van der Waals surface area contributed by atoms with Crippen molar-refractivity contribution < 1.29 is 14.3 Å². The van der Waals surface area contributed by atoms with Gasteiger partial charge >= 0.3 is 0 Å². The molecule has 27 heavy (non-hydrogen) atoms. The number of rotatable bonds is 8. The van der Waals surface area contributed by atoms with E-state index >= 15 is 0 Å². The number of carbonyl (C=O) groups excluding carboxylic acids is 1. The Morgan fingerprint density at radius 2 is 1.78 bits per heavy atom. The van der Waals surface area contributed by atoms with E-state index in [2.05, 4.69) is 10.5 Å². The van der Waals surface area contributed by atoms with Gasteiger partial charge in [0.1, 0.15) is 0 Å². The Kier molecular flexibility index (Phi) is 7.85. The number of hydrogen-bond acceptors (Lipinski definition) is 4. The van der Waals surface area contributed by atoms with Gasteiger partial charge < -0.3 is 9.47 Å². The molecule has 1 amide bonds. The van der Waals surface area contributed by atoms with Gasteiger partial charge in [-0.25, -0.2) is 5.43 Å². The van der Waals surface area contributed by atoms with Crippen molar-refractivity contribution in [3.05, 3.63) is 77.9 Å². The predicted octanol–water partition coefficient (Wildman–Crippen LogP) is 4.01. The number of amides is 1. The minimum absolute atomic E-state index is 0.199. The van der Waals surface area contributed by atoms with Gasteiger partial charge in [0.2, 0.25) is 5.91 Å². The number of nitrogens with zero attached hydrogens (tertiary/aromatic N) is 1. The van der Waals surface area contributed by atoms with Crippen molar-refractivity contribution in [3.8, 4) is 11.5 Å². The van der Waals surface area contributed by atoms with E-state index in [1.165, 1.54) is 0 Å². The monoisotopic (exact) mass is 364 g/mol. The van der Waals surface area contributed by atoms with Crippen LogP contribution in [0.5, 0.6) is 11.5 Å². The lowest BCUT2D eigenvalue weighted by atomic mass is 10.1. The first-order valence-electron chi connectivity index (χ1n) is 8.56. The summed E-state index contributed by atoms with van der Waals surface area (Å²) in [6.45, 7) is 1.82. The average Bonchev–Trinajstić information content (AvgIpc) is 2.70. The molecule has 2 rings (SSSR count). The fourth-order valence-electron chi connectivity index (χ4n) is 2.33. The Bertz CT molecular complexity index is 840. The van der Waals surface area contributed by atoms with E-state index in [9.17, 15) is 4.79 Å². The quantitative estimate of drug-likeness (QED) is 0.437. The third-order valence-electron chi connectivity index (χ3n) is 3.71. The van der Waals surface area contributed by atoms with E-state index < -0.39 is 0 Å². The van der Waals surface area contributed by atoms with Crippen LogP contribution < -0.4 is 14.9 Å². The van der Waals surface area contributed by atoms with Crippen LogP contribution in [-0.4, -0.2) is 25.8 Å². The molecular weight excluding hydrogens is 340 g/mol. The Morgan fingerprint density at radius 1 is 1.04 bits per heavy atom. The number of carbonyl (C=O) groups is 1. The minimum Gasteiger partial charge on any atom is -0.493 e. The zero-order valence-electron chi connectivity index (χ0n) is 15.8. The van der Waals surface area contributed by atoms with Crippen LogP contribution in [0.15, 0.2) is 71.9 Å². The number of methoxy groups -OCH3 is 2. The summed E-state index contributed by atoms with van der Waals surface area (Å²) in [5.74, 6) is 1.02. The van der Waals surface area contributed by atoms with Crippen molar-refractivity contribution in [2.75, 3.05) is 14.2 Å². The molecule has 1 N–H and O–H groups in total. The van der Waals surface area contributed by atoms with Crippen LogP contribution in [0.3, 0.4) is 0 Å². The number of nitrogens with one attached hydrogen (secondary N) is 1. The van der Waals surface area contributed by atoms with E-state index in [4.69, 9.17) is 9.47 Å². The van der Waals surface area contributed by atoms with Crippen molar-refractivity contribution in [1.29, 1.82) is 0 Å². The third-order valence-corrected chi connectivity index (χ3v) is 3.71. The molecule has 0 aliphatic rings. The molecule has 0 bridgehead atoms. The van der Waals surface area contributed by atoms with Crippen LogP contribution in [0.4, 0.5) is 0 Å². The SMILES string of the molecule is COc1ccc(CC(=O)N\N=C(C)/C=C/C=C/c2ccccc2)cc1OC. The molecule has 140 valence electrons. The molecule has 0 spiro atoms. The molecule has 0 atom stereocenters. The van der Waals surface area contributed by atoms with E-state index in [1.54, 1.807) is 26.4 Å². The van der Waals surface area contributed by atoms with Gasteiger partial charge in [0.25, 0.3) is 0 Å². The number of ether oxygens (including phenoxy) is 2. The molecule has 0 aromatic heterocycles. The first-order chi connectivity index (χ1) is 13.1. The van der Waals surface area contributed by atoms with Crippen LogP contribution in [-0.2, 0) is 11.2 Å². The Hall–Kier alpha value is -3.34. The molecule has 5 nitrogen and oxygen atoms in total. The van der Waals surface area contributed by atoms with Crippen molar-refractivity contribution in [3.63, 3.8) is 0 Å². The van der Waals surface area contributed by atoms with Gasteiger partial charge in [-0.1, -0.05) is 54.6 Å². The number of hydrogen-bond donors (Lipinski definition) is 1. The van der Waals surface area contributed by atoms with Gasteiger partial charge in [-0.3, -0.25) is 4.79 Å². The van der Waals surface area contributed by atoms with Crippen molar-refractivity contribution in [1.82, 2.24) is 5.43 Å². The van der Waals surface area contributed by atoms with Gasteiger partial charge in [-0.05, 0) is 36.3 Å². The topological polar surface area (TPSA) is 59.9 Å². The average molecular weight is 364 g/mol. The van der Waals surface area contributed by atoms with Crippen LogP contribution in [0.2, 0.25) is 0 Å². The molecule has 0 heterocycles. The van der Waals surface area contributed by atoms with Crippen LogP contribution in [0.25, 0.3) is 6.08 Å². The highest BCUT2D eigenvalue weighted by atomic mass is 16.5. The number of hydrazone groups is 1. The Labute approximate surface area is 160 Å². The zero-order valence-corrected chi connectivity index (χ0v) is 15.8. The zero-order chi connectivity index (χ0) is 19.5. The third kappa shape index (κ3) is 6.82. The standard InChI is InChI=1S/C22H24N2O3/c1-17(9-7-8-12-18-10-5-4-6-11-18)23-24-22(25)16-19-13-14-20(26-2)21(15-19)27-3/h4-15H,16H2,1-3H3,(H,24,25)/b9-7+,12-8+,23-17-. The van der Waals surface area contributed by atoms with E-state index in [1.807, 2.05) is 67.6 Å². The van der Waals surface area contributed by atoms with Crippen molar-refractivity contribution in [2.24, 2.45) is 5.10 Å². The normalized spacial score (nSPS) is 11.7. The molecule has 0 aliphatic heterocycles. The summed E-state index contributed by atoms with van der Waals surface area (Å²) < 4.78 is 10.4. The lowest BCUT2D eigenvalue weighted by Gasteiger charge is -2.09. The van der Waals surface area contributed by atoms with Crippen LogP contribution in [0, 0.1) is 0 Å². The molecular formula is C22H24N2O3. The highest BCUT2D eigenvalue weighted by Crippen LogP contribution is 2.27. The van der Waals surface area contributed by atoms with Gasteiger partial charge in [0.15, 0.2) is 11.5 Å². The Balaban J connectivity index is 1.86. The van der Waals surface area contributed by atoms with E-state index in [0.29, 0.717) is 17.2 Å². The summed E-state index contributed by atoms with van der Waals surface area (Å²) >= 11 is 0. The predicted molar refractivity (Wildman–Crippen MR) is 109 cm³/mol. The van der Waals surface area contributed by atoms with Gasteiger partial charge in [-0.2, -0.15) is 5.10 Å². The van der Waals surface area contributed by atoms with E-state index in [-0.39, 0.29) is 12.3 Å². The second kappa shape index (κ2) is 10.6. The molecule has 2 aromatic carbocycles. The molecule has 5 heteroatoms. The Morgan fingerprint density at radius 3 is 2.48 bits per heavy atom. The fourth-order valence-corrected chi connectivity index (χ4v) is 2.33. The molecule has 0 fully saturated rings. The molecule has 0 saturated heterocycles. The highest BCUT2D eigenvalue weighted by molar-refractivity contribution is 5.94. The molecule has 0 radical (unpaired) electrons. The van der Waals surface area contributed by atoms with Crippen LogP contribution in [0.1, 0.15) is 18.1 Å². The summed E-state index contributed by atoms with van der Waals surface area (Å²) in [6.07, 6.45) is 7.84. The highest BCUT2D eigenvalue weighted by Gasteiger charge is 2.07. The largest absolute Gasteiger partial charge is 0.493 e. The summed E-state index contributed by atoms with van der Waals surface area (Å²) in [6, 6.07) is 15.4. The lowest BCUT2D eigenvalue weighted by Crippen LogP contribution is -2.20. The smallest absolute Gasteiger partial charge is 0.244 e. The van der Waals surface area contributed by atoms with Crippen molar-refractivity contribution >= 4 is 17.7 Å². The number of allylic oxidation sites excluding steroid dienone is 3. The summed E-state index contributed by atoms with van der Waals surface area (Å²) in [7, 11) is 3.14. The summed E-state index contributed by atoms with van der Waals surface area (Å²) in [5.41, 5.74) is 5.20. The lowest BCUT2D eigenvalue weighted by molar-refractivity contribution is -0.120. The molecule has 2 aromatic rings. The second-order valence-electron chi connectivity index (χ2n) is 5.78. The fraction of sp³-hybridized carbons (Fsp3) is 0.182. The minimum atomic E-state index is -0.199. The maximum atomic E-state index is 12.1. The van der Waals surface area contributed by atoms with Gasteiger partial charge in [0, 0.05) is 0 Å². The number of benzene rings is 2. The maximum Gasteiger partial charge on any atom is 0.244 e. The maximum absolute atomic E-state index is 12.1. The molecule has 0 aliphatic carbocycles. The first-order valence-corrected chi connectivity index (χ1v) is 8.56. The first kappa shape index (κ1) is 20.0.